The zero-order chi connectivity index (χ0) is 42.1. The first-order chi connectivity index (χ1) is 27.1. The molecular formula is C39H44ClF5N8O4S. The Bertz CT molecular complexity index is 2550. The van der Waals surface area contributed by atoms with Crippen LogP contribution in [0.3, 0.4) is 0 Å². The van der Waals surface area contributed by atoms with E-state index in [2.05, 4.69) is 19.7 Å². The lowest BCUT2D eigenvalue weighted by Gasteiger charge is -2.39. The monoisotopic (exact) mass is 850 g/mol. The van der Waals surface area contributed by atoms with Crippen LogP contribution in [0.1, 0.15) is 75.1 Å². The summed E-state index contributed by atoms with van der Waals surface area (Å²) >= 11 is 6.80. The molecule has 3 aromatic heterocycles. The fourth-order valence-electron chi connectivity index (χ4n) is 8.19. The summed E-state index contributed by atoms with van der Waals surface area (Å²) in [6, 6.07) is 5.79. The van der Waals surface area contributed by atoms with Crippen LogP contribution >= 0.6 is 11.6 Å². The molecule has 0 spiro atoms. The van der Waals surface area contributed by atoms with Crippen LogP contribution in [0.2, 0.25) is 5.02 Å². The Labute approximate surface area is 336 Å². The normalized spacial score (nSPS) is 21.0. The minimum absolute atomic E-state index is 0.0328. The van der Waals surface area contributed by atoms with Crippen molar-refractivity contribution in [3.05, 3.63) is 86.1 Å². The van der Waals surface area contributed by atoms with Crippen molar-refractivity contribution in [3.8, 4) is 5.69 Å². The Balaban J connectivity index is 1.47. The third-order valence-corrected chi connectivity index (χ3v) is 11.7. The summed E-state index contributed by atoms with van der Waals surface area (Å²) in [5.41, 5.74) is 4.28. The maximum atomic E-state index is 16.4. The van der Waals surface area contributed by atoms with E-state index < -0.39 is 70.5 Å². The Hall–Kier alpha value is -4.23. The number of alkyl halides is 3. The summed E-state index contributed by atoms with van der Waals surface area (Å²) in [6.07, 6.45) is -1.75. The van der Waals surface area contributed by atoms with Gasteiger partial charge in [-0.1, -0.05) is 11.6 Å². The van der Waals surface area contributed by atoms with Crippen LogP contribution in [0.25, 0.3) is 27.6 Å². The lowest BCUT2D eigenvalue weighted by Crippen LogP contribution is -2.50. The molecule has 3 N–H and O–H groups in total. The van der Waals surface area contributed by atoms with Crippen molar-refractivity contribution in [3.63, 3.8) is 0 Å². The molecule has 2 aromatic carbocycles. The summed E-state index contributed by atoms with van der Waals surface area (Å²) < 4.78 is 110. The van der Waals surface area contributed by atoms with Crippen molar-refractivity contribution in [2.24, 2.45) is 5.73 Å². The quantitative estimate of drug-likeness (QED) is 0.144. The van der Waals surface area contributed by atoms with E-state index in [4.69, 9.17) is 27.1 Å². The van der Waals surface area contributed by atoms with Gasteiger partial charge < -0.3 is 10.5 Å². The van der Waals surface area contributed by atoms with Crippen molar-refractivity contribution in [2.75, 3.05) is 24.1 Å². The van der Waals surface area contributed by atoms with Crippen LogP contribution in [0.15, 0.2) is 41.2 Å². The number of ether oxygens (including phenoxy) is 1. The number of hydrogen-bond donors (Lipinski definition) is 2. The molecule has 0 unspecified atom stereocenters. The first-order valence-electron chi connectivity index (χ1n) is 18.9. The number of aromatic nitrogens is 5. The average Bonchev–Trinajstić information content (AvgIpc) is 3.45. The van der Waals surface area contributed by atoms with E-state index in [0.29, 0.717) is 19.2 Å². The maximum absolute atomic E-state index is 16.4. The van der Waals surface area contributed by atoms with Gasteiger partial charge in [0.2, 0.25) is 15.9 Å². The number of nitrogens with two attached hydrogens (primary N) is 1. The van der Waals surface area contributed by atoms with E-state index >= 15 is 9.18 Å². The summed E-state index contributed by atoms with van der Waals surface area (Å²) in [5.74, 6) is -4.98. The van der Waals surface area contributed by atoms with Gasteiger partial charge in [0.05, 0.1) is 63.7 Å². The zero-order valence-corrected chi connectivity index (χ0v) is 34.1. The van der Waals surface area contributed by atoms with Gasteiger partial charge in [-0.25, -0.2) is 40.3 Å². The highest BCUT2D eigenvalue weighted by Crippen LogP contribution is 2.46. The van der Waals surface area contributed by atoms with Crippen molar-refractivity contribution >= 4 is 49.4 Å². The molecule has 12 nitrogen and oxygen atoms in total. The summed E-state index contributed by atoms with van der Waals surface area (Å²) in [7, 11) is -3.90. The minimum Gasteiger partial charge on any atom is -0.373 e. The van der Waals surface area contributed by atoms with Gasteiger partial charge in [0.25, 0.3) is 5.56 Å². The van der Waals surface area contributed by atoms with Crippen LogP contribution in [-0.2, 0) is 33.4 Å². The fourth-order valence-corrected chi connectivity index (χ4v) is 8.93. The summed E-state index contributed by atoms with van der Waals surface area (Å²) in [4.78, 5) is 26.4. The van der Waals surface area contributed by atoms with Gasteiger partial charge in [-0.2, -0.15) is 5.10 Å². The number of halogens is 6. The second-order valence-corrected chi connectivity index (χ2v) is 18.0. The van der Waals surface area contributed by atoms with Gasteiger partial charge in [-0.3, -0.25) is 23.7 Å². The number of nitrogens with one attached hydrogen (secondary N) is 1. The first kappa shape index (κ1) is 41.9. The first-order valence-corrected chi connectivity index (χ1v) is 21.2. The molecule has 19 heteroatoms. The third kappa shape index (κ3) is 8.44. The molecule has 7 rings (SSSR count). The average molecular weight is 851 g/mol. The Morgan fingerprint density at radius 1 is 1.00 bits per heavy atom. The molecule has 0 bridgehead atoms. The smallest absolute Gasteiger partial charge is 0.268 e. The molecule has 4 heterocycles. The molecule has 0 radical (unpaired) electrons. The number of benzene rings is 2. The van der Waals surface area contributed by atoms with Crippen LogP contribution in [0, 0.1) is 18.6 Å². The predicted octanol–water partition coefficient (Wildman–Crippen LogP) is 6.86. The second kappa shape index (κ2) is 15.4. The van der Waals surface area contributed by atoms with Crippen molar-refractivity contribution in [2.45, 2.75) is 102 Å². The van der Waals surface area contributed by atoms with Gasteiger partial charge in [-0.15, -0.1) is 0 Å². The van der Waals surface area contributed by atoms with Crippen LogP contribution in [0.4, 0.5) is 27.8 Å². The van der Waals surface area contributed by atoms with Crippen LogP contribution in [0.5, 0.6) is 0 Å². The summed E-state index contributed by atoms with van der Waals surface area (Å²) in [6.45, 7) is 8.87. The minimum atomic E-state index is -3.90. The molecule has 4 atom stereocenters. The van der Waals surface area contributed by atoms with E-state index in [1.54, 1.807) is 11.6 Å². The van der Waals surface area contributed by atoms with Crippen molar-refractivity contribution in [1.82, 2.24) is 29.2 Å². The lowest BCUT2D eigenvalue weighted by atomic mass is 9.81. The molecule has 0 amide bonds. The Morgan fingerprint density at radius 2 is 1.64 bits per heavy atom. The molecule has 312 valence electrons. The fraction of sp³-hybridized carbons (Fsp3) is 0.487. The molecular weight excluding hydrogens is 807 g/mol. The molecule has 5 aromatic rings. The number of fused-ring (bicyclic) bond motifs is 2. The molecule has 1 saturated heterocycles. The van der Waals surface area contributed by atoms with Crippen LogP contribution < -0.4 is 16.0 Å². The van der Waals surface area contributed by atoms with E-state index in [-0.39, 0.29) is 92.3 Å². The lowest BCUT2D eigenvalue weighted by molar-refractivity contribution is -0.0801. The number of aryl methyl sites for hydroxylation is 1. The predicted molar refractivity (Wildman–Crippen MR) is 211 cm³/mol. The van der Waals surface area contributed by atoms with Crippen molar-refractivity contribution in [1.29, 1.82) is 0 Å². The van der Waals surface area contributed by atoms with E-state index in [1.807, 2.05) is 20.8 Å². The molecule has 58 heavy (non-hydrogen) atoms. The van der Waals surface area contributed by atoms with E-state index in [0.717, 1.165) is 18.4 Å². The van der Waals surface area contributed by atoms with E-state index in [1.165, 1.54) is 22.8 Å². The maximum Gasteiger partial charge on any atom is 0.268 e. The van der Waals surface area contributed by atoms with Crippen LogP contribution in [-0.4, -0.2) is 81.2 Å². The topological polar surface area (TPSA) is 150 Å². The third-order valence-electron chi connectivity index (χ3n) is 10.9. The molecule has 1 aliphatic heterocycles. The van der Waals surface area contributed by atoms with Gasteiger partial charge in [0, 0.05) is 38.0 Å². The highest BCUT2D eigenvalue weighted by atomic mass is 35.5. The molecule has 2 fully saturated rings. The number of sulfonamides is 1. The number of morpholine rings is 1. The van der Waals surface area contributed by atoms with E-state index in [9.17, 15) is 26.0 Å². The highest BCUT2D eigenvalue weighted by molar-refractivity contribution is 7.92. The number of pyridine rings is 1. The highest BCUT2D eigenvalue weighted by Gasteiger charge is 2.46. The van der Waals surface area contributed by atoms with Crippen molar-refractivity contribution < 1.29 is 35.1 Å². The molecule has 1 saturated carbocycles. The van der Waals surface area contributed by atoms with Gasteiger partial charge in [0.1, 0.15) is 17.5 Å². The van der Waals surface area contributed by atoms with Gasteiger partial charge >= 0.3 is 0 Å². The Morgan fingerprint density at radius 3 is 2.26 bits per heavy atom. The summed E-state index contributed by atoms with van der Waals surface area (Å²) in [5, 5.41) is 4.91. The van der Waals surface area contributed by atoms with Gasteiger partial charge in [-0.05, 0) is 88.4 Å². The number of anilines is 1. The number of rotatable bonds is 10. The molecule has 1 aliphatic carbocycles. The second-order valence-electron chi connectivity index (χ2n) is 15.8. The zero-order valence-electron chi connectivity index (χ0n) is 32.5. The SMILES string of the molecule is Cc1cc(C2(F)CCC(F)(F)CC2)nc2nc([C@@H](N)Cc3cc(F)cc(F)c3)n(-c3ccc(Cl)c4c(NS(C)(=O)=O)nn(C[C@@H](C)N5C[C@@H](C)O[C@@H](C)C5)c34)c(=O)c12. The number of nitrogens with zero attached hydrogens (tertiary/aromatic N) is 6. The number of hydrogen-bond acceptors (Lipinski definition) is 9. The Kier molecular flexibility index (Phi) is 11.1. The largest absolute Gasteiger partial charge is 0.373 e. The standard InChI is InChI=1S/C39H44ClF5N8O4S/c1-20-12-30(38(43)8-10-39(44,45)11-9-38)47-34-31(20)37(54)53(36(48-34)28(46)15-24-13-25(41)16-26(42)14-24)29-7-6-27(40)32-33(29)52(49-35(32)50-58(5,55)56)17-21(2)51-18-22(3)57-23(4)19-51/h6-7,12-14,16,21-23,28H,8-11,15,17-19,46H2,1-5H3,(H,49,50)/t21-,22-,23+,28+/m1/s1. The molecule has 2 aliphatic rings. The van der Waals surface area contributed by atoms with Gasteiger partial charge in [0.15, 0.2) is 17.1 Å².